The first kappa shape index (κ1) is 20.4. The van der Waals surface area contributed by atoms with E-state index < -0.39 is 5.97 Å². The maximum atomic E-state index is 11.6. The number of rotatable bonds is 3. The number of fused-ring (bicyclic) bond motifs is 3. The molecule has 0 bridgehead atoms. The molecule has 0 spiro atoms. The zero-order valence-electron chi connectivity index (χ0n) is 17.6. The Morgan fingerprint density at radius 1 is 1.07 bits per heavy atom. The van der Waals surface area contributed by atoms with Crippen LogP contribution in [0.3, 0.4) is 0 Å². The van der Waals surface area contributed by atoms with Crippen LogP contribution in [0.4, 0.5) is 0 Å². The van der Waals surface area contributed by atoms with Crippen LogP contribution in [0.25, 0.3) is 0 Å². The van der Waals surface area contributed by atoms with E-state index in [0.717, 1.165) is 44.1 Å². The van der Waals surface area contributed by atoms with Gasteiger partial charge in [-0.2, -0.15) is 0 Å². The van der Waals surface area contributed by atoms with Crippen LogP contribution >= 0.6 is 0 Å². The standard InChI is InChI=1S/C23H36O4/c1-14-7-8-18-22(5,16(14)13-20(25)26)11-9-17-21(3,4)19(27-15(2)24)10-12-23(17,18)6/h16-19H,1,7-13H2,2-6H3,(H,25,26)/t16-,17-,18+,19-,22+,23-/m0/s1. The number of carbonyl (C=O) groups is 2. The number of carboxylic acid groups (broad SMARTS) is 1. The van der Waals surface area contributed by atoms with E-state index in [2.05, 4.69) is 34.3 Å². The maximum Gasteiger partial charge on any atom is 0.303 e. The summed E-state index contributed by atoms with van der Waals surface area (Å²) in [6.07, 6.45) is 6.27. The summed E-state index contributed by atoms with van der Waals surface area (Å²) in [5, 5.41) is 9.50. The van der Waals surface area contributed by atoms with Crippen molar-refractivity contribution in [2.24, 2.45) is 34.0 Å². The Hall–Kier alpha value is -1.32. The maximum absolute atomic E-state index is 11.6. The molecule has 0 saturated heterocycles. The molecule has 3 aliphatic rings. The zero-order valence-corrected chi connectivity index (χ0v) is 17.6. The van der Waals surface area contributed by atoms with Gasteiger partial charge in [-0.15, -0.1) is 0 Å². The van der Waals surface area contributed by atoms with Crippen LogP contribution in [0.1, 0.15) is 79.6 Å². The Bertz CT molecular complexity index is 651. The van der Waals surface area contributed by atoms with Gasteiger partial charge in [0, 0.05) is 12.3 Å². The van der Waals surface area contributed by atoms with E-state index in [1.165, 1.54) is 6.92 Å². The van der Waals surface area contributed by atoms with Crippen LogP contribution in [0.5, 0.6) is 0 Å². The van der Waals surface area contributed by atoms with Crippen molar-refractivity contribution in [1.29, 1.82) is 0 Å². The van der Waals surface area contributed by atoms with Gasteiger partial charge in [0.1, 0.15) is 6.10 Å². The number of carbonyl (C=O) groups excluding carboxylic acids is 1. The third-order valence-corrected chi connectivity index (χ3v) is 8.76. The Kier molecular flexibility index (Phi) is 5.01. The first-order chi connectivity index (χ1) is 12.4. The summed E-state index contributed by atoms with van der Waals surface area (Å²) in [7, 11) is 0. The van der Waals surface area contributed by atoms with Crippen molar-refractivity contribution in [1.82, 2.24) is 0 Å². The molecule has 0 aromatic carbocycles. The number of allylic oxidation sites excluding steroid dienone is 1. The molecular formula is C23H36O4. The minimum Gasteiger partial charge on any atom is -0.481 e. The van der Waals surface area contributed by atoms with Gasteiger partial charge in [-0.25, -0.2) is 0 Å². The molecule has 0 radical (unpaired) electrons. The predicted molar refractivity (Wildman–Crippen MR) is 105 cm³/mol. The number of ether oxygens (including phenoxy) is 1. The average Bonchev–Trinajstić information content (AvgIpc) is 2.53. The van der Waals surface area contributed by atoms with Crippen molar-refractivity contribution in [3.05, 3.63) is 12.2 Å². The third kappa shape index (κ3) is 3.13. The average molecular weight is 377 g/mol. The van der Waals surface area contributed by atoms with Gasteiger partial charge in [-0.05, 0) is 67.1 Å². The second-order valence-corrected chi connectivity index (χ2v) is 10.5. The van der Waals surface area contributed by atoms with E-state index in [1.807, 2.05) is 0 Å². The lowest BCUT2D eigenvalue weighted by molar-refractivity contribution is -0.201. The zero-order chi connectivity index (χ0) is 20.2. The summed E-state index contributed by atoms with van der Waals surface area (Å²) in [6, 6.07) is 0. The van der Waals surface area contributed by atoms with Gasteiger partial charge in [-0.1, -0.05) is 39.8 Å². The van der Waals surface area contributed by atoms with Gasteiger partial charge in [0.25, 0.3) is 0 Å². The van der Waals surface area contributed by atoms with Gasteiger partial charge in [-0.3, -0.25) is 9.59 Å². The summed E-state index contributed by atoms with van der Waals surface area (Å²) in [6.45, 7) is 15.1. The monoisotopic (exact) mass is 376 g/mol. The molecule has 0 aromatic rings. The fourth-order valence-electron chi connectivity index (χ4n) is 7.57. The number of carboxylic acids is 1. The van der Waals surface area contributed by atoms with Crippen molar-refractivity contribution in [3.8, 4) is 0 Å². The lowest BCUT2D eigenvalue weighted by Gasteiger charge is -2.66. The van der Waals surface area contributed by atoms with E-state index >= 15 is 0 Å². The summed E-state index contributed by atoms with van der Waals surface area (Å²) in [5.41, 5.74) is 1.23. The number of esters is 1. The van der Waals surface area contributed by atoms with Gasteiger partial charge in [0.05, 0.1) is 6.42 Å². The van der Waals surface area contributed by atoms with E-state index in [9.17, 15) is 14.7 Å². The molecule has 3 rings (SSSR count). The molecule has 3 saturated carbocycles. The second kappa shape index (κ2) is 6.63. The molecule has 0 heterocycles. The minimum absolute atomic E-state index is 0.00330. The molecule has 4 nitrogen and oxygen atoms in total. The highest BCUT2D eigenvalue weighted by molar-refractivity contribution is 5.68. The van der Waals surface area contributed by atoms with Crippen molar-refractivity contribution in [3.63, 3.8) is 0 Å². The van der Waals surface area contributed by atoms with Crippen LogP contribution in [0.15, 0.2) is 12.2 Å². The number of hydrogen-bond donors (Lipinski definition) is 1. The molecule has 6 atom stereocenters. The van der Waals surface area contributed by atoms with Crippen molar-refractivity contribution < 1.29 is 19.4 Å². The van der Waals surface area contributed by atoms with Gasteiger partial charge >= 0.3 is 11.9 Å². The summed E-state index contributed by atoms with van der Waals surface area (Å²) in [4.78, 5) is 23.2. The smallest absolute Gasteiger partial charge is 0.303 e. The van der Waals surface area contributed by atoms with Crippen molar-refractivity contribution >= 4 is 11.9 Å². The predicted octanol–water partition coefficient (Wildman–Crippen LogP) is 5.22. The Morgan fingerprint density at radius 3 is 2.30 bits per heavy atom. The Balaban J connectivity index is 1.95. The molecule has 0 aromatic heterocycles. The Morgan fingerprint density at radius 2 is 1.70 bits per heavy atom. The highest BCUT2D eigenvalue weighted by Crippen LogP contribution is 2.69. The highest BCUT2D eigenvalue weighted by Gasteiger charge is 2.63. The highest BCUT2D eigenvalue weighted by atomic mass is 16.5. The number of aliphatic carboxylic acids is 1. The lowest BCUT2D eigenvalue weighted by Crippen LogP contribution is -2.61. The molecule has 3 fully saturated rings. The second-order valence-electron chi connectivity index (χ2n) is 10.5. The minimum atomic E-state index is -0.714. The van der Waals surface area contributed by atoms with E-state index in [-0.39, 0.29) is 40.7 Å². The topological polar surface area (TPSA) is 63.6 Å². The van der Waals surface area contributed by atoms with Crippen LogP contribution in [-0.2, 0) is 14.3 Å². The molecule has 27 heavy (non-hydrogen) atoms. The molecule has 4 heteroatoms. The van der Waals surface area contributed by atoms with Crippen molar-refractivity contribution in [2.75, 3.05) is 0 Å². The summed E-state index contributed by atoms with van der Waals surface area (Å²) in [5.74, 6) is 0.150. The first-order valence-electron chi connectivity index (χ1n) is 10.5. The van der Waals surface area contributed by atoms with Gasteiger partial charge in [0.2, 0.25) is 0 Å². The van der Waals surface area contributed by atoms with Crippen molar-refractivity contribution in [2.45, 2.75) is 85.7 Å². The van der Waals surface area contributed by atoms with E-state index in [1.54, 1.807) is 0 Å². The first-order valence-corrected chi connectivity index (χ1v) is 10.5. The molecule has 152 valence electrons. The van der Waals surface area contributed by atoms with Crippen LogP contribution < -0.4 is 0 Å². The van der Waals surface area contributed by atoms with Crippen LogP contribution in [-0.4, -0.2) is 23.1 Å². The number of hydrogen-bond acceptors (Lipinski definition) is 3. The molecule has 0 amide bonds. The van der Waals surface area contributed by atoms with Gasteiger partial charge in [0.15, 0.2) is 0 Å². The van der Waals surface area contributed by atoms with Gasteiger partial charge < -0.3 is 9.84 Å². The Labute approximate surface area is 163 Å². The summed E-state index contributed by atoms with van der Waals surface area (Å²) >= 11 is 0. The fraction of sp³-hybridized carbons (Fsp3) is 0.826. The molecular weight excluding hydrogens is 340 g/mol. The third-order valence-electron chi connectivity index (χ3n) is 8.76. The normalized spacial score (nSPS) is 43.4. The van der Waals surface area contributed by atoms with Crippen LogP contribution in [0.2, 0.25) is 0 Å². The molecule has 0 aliphatic heterocycles. The molecule has 1 N–H and O–H groups in total. The molecule has 0 unspecified atom stereocenters. The van der Waals surface area contributed by atoms with Crippen LogP contribution in [0, 0.1) is 34.0 Å². The van der Waals surface area contributed by atoms with E-state index in [0.29, 0.717) is 11.8 Å². The molecule has 3 aliphatic carbocycles. The van der Waals surface area contributed by atoms with E-state index in [4.69, 9.17) is 4.74 Å². The quantitative estimate of drug-likeness (QED) is 0.542. The fourth-order valence-corrected chi connectivity index (χ4v) is 7.57. The summed E-state index contributed by atoms with van der Waals surface area (Å²) < 4.78 is 5.72. The SMILES string of the molecule is C=C1CC[C@@H]2[C@](C)(CC[C@H]3C(C)(C)[C@@H](OC(C)=O)CC[C@]23C)[C@H]1CC(=O)O. The largest absolute Gasteiger partial charge is 0.481 e. The lowest BCUT2D eigenvalue weighted by atomic mass is 9.38.